The third-order valence-corrected chi connectivity index (χ3v) is 2.87. The quantitative estimate of drug-likeness (QED) is 0.848. The lowest BCUT2D eigenvalue weighted by Crippen LogP contribution is -1.95. The molecule has 0 spiro atoms. The molecule has 0 aliphatic carbocycles. The van der Waals surface area contributed by atoms with Gasteiger partial charge >= 0.3 is 0 Å². The molecule has 1 fully saturated rings. The number of halogens is 1. The van der Waals surface area contributed by atoms with Gasteiger partial charge in [-0.2, -0.15) is 4.98 Å². The molecule has 3 heterocycles. The van der Waals surface area contributed by atoms with E-state index in [9.17, 15) is 0 Å². The highest BCUT2D eigenvalue weighted by molar-refractivity contribution is 9.10. The number of nitrogens with zero attached hydrogens (tertiary/aromatic N) is 2. The highest BCUT2D eigenvalue weighted by atomic mass is 79.9. The fraction of sp³-hybridized carbons (Fsp3) is 0.400. The minimum atomic E-state index is -0.0559. The highest BCUT2D eigenvalue weighted by Crippen LogP contribution is 2.29. The molecule has 0 aromatic carbocycles. The number of aromatic nitrogens is 2. The van der Waals surface area contributed by atoms with Crippen LogP contribution in [0.25, 0.3) is 11.6 Å². The Bertz CT molecular complexity index is 488. The van der Waals surface area contributed by atoms with Crippen molar-refractivity contribution in [3.63, 3.8) is 0 Å². The van der Waals surface area contributed by atoms with Gasteiger partial charge in [0, 0.05) is 6.61 Å². The number of hydrogen-bond donors (Lipinski definition) is 0. The normalized spacial score (nSPS) is 20.4. The Kier molecular flexibility index (Phi) is 2.53. The summed E-state index contributed by atoms with van der Waals surface area (Å²) in [5, 5.41) is 3.86. The van der Waals surface area contributed by atoms with Crippen LogP contribution in [0.1, 0.15) is 24.8 Å². The van der Waals surface area contributed by atoms with Crippen molar-refractivity contribution < 1.29 is 13.7 Å². The average molecular weight is 285 g/mol. The Morgan fingerprint density at radius 2 is 2.31 bits per heavy atom. The maximum Gasteiger partial charge on any atom is 0.256 e. The average Bonchev–Trinajstić information content (AvgIpc) is 2.97. The van der Waals surface area contributed by atoms with Crippen molar-refractivity contribution in [2.45, 2.75) is 18.9 Å². The SMILES string of the molecule is Brc1ccc(-c2noc(C3CCCO3)n2)o1. The van der Waals surface area contributed by atoms with Gasteiger partial charge in [-0.05, 0) is 40.9 Å². The van der Waals surface area contributed by atoms with Gasteiger partial charge in [0.2, 0.25) is 5.82 Å². The van der Waals surface area contributed by atoms with Gasteiger partial charge in [-0.3, -0.25) is 0 Å². The number of furan rings is 1. The van der Waals surface area contributed by atoms with E-state index >= 15 is 0 Å². The molecule has 0 N–H and O–H groups in total. The maximum atomic E-state index is 5.46. The van der Waals surface area contributed by atoms with E-state index in [1.807, 2.05) is 0 Å². The van der Waals surface area contributed by atoms with Crippen molar-refractivity contribution in [1.29, 1.82) is 0 Å². The highest BCUT2D eigenvalue weighted by Gasteiger charge is 2.24. The van der Waals surface area contributed by atoms with Crippen molar-refractivity contribution in [1.82, 2.24) is 10.1 Å². The number of ether oxygens (including phenoxy) is 1. The van der Waals surface area contributed by atoms with Gasteiger partial charge in [0.25, 0.3) is 5.89 Å². The molecule has 1 atom stereocenters. The molecule has 3 rings (SSSR count). The maximum absolute atomic E-state index is 5.46. The van der Waals surface area contributed by atoms with Crippen LogP contribution in [0.5, 0.6) is 0 Å². The third kappa shape index (κ3) is 1.78. The third-order valence-electron chi connectivity index (χ3n) is 2.44. The van der Waals surface area contributed by atoms with Gasteiger partial charge in [0.05, 0.1) is 0 Å². The van der Waals surface area contributed by atoms with Crippen LogP contribution in [-0.2, 0) is 4.74 Å². The molecule has 6 heteroatoms. The molecule has 1 aliphatic rings. The Balaban J connectivity index is 1.87. The van der Waals surface area contributed by atoms with Crippen molar-refractivity contribution in [2.75, 3.05) is 6.61 Å². The summed E-state index contributed by atoms with van der Waals surface area (Å²) in [7, 11) is 0. The van der Waals surface area contributed by atoms with Gasteiger partial charge < -0.3 is 13.7 Å². The van der Waals surface area contributed by atoms with E-state index in [1.54, 1.807) is 12.1 Å². The molecular formula is C10H9BrN2O3. The van der Waals surface area contributed by atoms with E-state index in [0.29, 0.717) is 22.1 Å². The van der Waals surface area contributed by atoms with Crippen LogP contribution in [0.3, 0.4) is 0 Å². The summed E-state index contributed by atoms with van der Waals surface area (Å²) < 4.78 is 16.6. The molecule has 1 aliphatic heterocycles. The molecule has 0 amide bonds. The molecule has 2 aromatic heterocycles. The lowest BCUT2D eigenvalue weighted by atomic mass is 10.2. The number of hydrogen-bond acceptors (Lipinski definition) is 5. The molecule has 1 unspecified atom stereocenters. The van der Waals surface area contributed by atoms with E-state index in [4.69, 9.17) is 13.7 Å². The summed E-state index contributed by atoms with van der Waals surface area (Å²) in [6, 6.07) is 3.58. The first-order valence-corrected chi connectivity index (χ1v) is 5.83. The van der Waals surface area contributed by atoms with Crippen LogP contribution in [0, 0.1) is 0 Å². The fourth-order valence-corrected chi connectivity index (χ4v) is 1.98. The second-order valence-corrected chi connectivity index (χ2v) is 4.34. The molecule has 0 bridgehead atoms. The van der Waals surface area contributed by atoms with Crippen LogP contribution in [0.15, 0.2) is 25.7 Å². The lowest BCUT2D eigenvalue weighted by molar-refractivity contribution is 0.0835. The first-order chi connectivity index (χ1) is 7.83. The zero-order chi connectivity index (χ0) is 11.0. The zero-order valence-electron chi connectivity index (χ0n) is 8.35. The largest absolute Gasteiger partial charge is 0.446 e. The van der Waals surface area contributed by atoms with Gasteiger partial charge in [-0.1, -0.05) is 5.16 Å². The smallest absolute Gasteiger partial charge is 0.256 e. The molecule has 0 radical (unpaired) electrons. The van der Waals surface area contributed by atoms with Crippen LogP contribution in [0.4, 0.5) is 0 Å². The van der Waals surface area contributed by atoms with E-state index in [2.05, 4.69) is 26.1 Å². The van der Waals surface area contributed by atoms with Crippen molar-refractivity contribution in [3.05, 3.63) is 22.7 Å². The van der Waals surface area contributed by atoms with E-state index in [-0.39, 0.29) is 6.10 Å². The standard InChI is InChI=1S/C10H9BrN2O3/c11-8-4-3-6(15-8)9-12-10(16-13-9)7-2-1-5-14-7/h3-4,7H,1-2,5H2. The van der Waals surface area contributed by atoms with Crippen molar-refractivity contribution in [2.24, 2.45) is 0 Å². The minimum absolute atomic E-state index is 0.0559. The second kappa shape index (κ2) is 4.03. The summed E-state index contributed by atoms with van der Waals surface area (Å²) in [5.41, 5.74) is 0. The molecule has 5 nitrogen and oxygen atoms in total. The van der Waals surface area contributed by atoms with Crippen LogP contribution in [-0.4, -0.2) is 16.7 Å². The first-order valence-electron chi connectivity index (χ1n) is 5.04. The summed E-state index contributed by atoms with van der Waals surface area (Å²) >= 11 is 3.22. The van der Waals surface area contributed by atoms with E-state index < -0.39 is 0 Å². The fourth-order valence-electron chi connectivity index (χ4n) is 1.67. The molecular weight excluding hydrogens is 276 g/mol. The Morgan fingerprint density at radius 1 is 1.38 bits per heavy atom. The van der Waals surface area contributed by atoms with Crippen LogP contribution < -0.4 is 0 Å². The van der Waals surface area contributed by atoms with Gasteiger partial charge in [0.15, 0.2) is 10.4 Å². The molecule has 0 saturated carbocycles. The Labute approximate surface area is 99.9 Å². The predicted octanol–water partition coefficient (Wildman–Crippen LogP) is 2.94. The van der Waals surface area contributed by atoms with E-state index in [1.165, 1.54) is 0 Å². The topological polar surface area (TPSA) is 61.3 Å². The van der Waals surface area contributed by atoms with Crippen molar-refractivity contribution in [3.8, 4) is 11.6 Å². The Hall–Kier alpha value is -1.14. The summed E-state index contributed by atoms with van der Waals surface area (Å²) in [5.74, 6) is 1.57. The summed E-state index contributed by atoms with van der Waals surface area (Å²) in [6.45, 7) is 0.759. The monoisotopic (exact) mass is 284 g/mol. The summed E-state index contributed by atoms with van der Waals surface area (Å²) in [4.78, 5) is 4.26. The number of rotatable bonds is 2. The summed E-state index contributed by atoms with van der Waals surface area (Å²) in [6.07, 6.45) is 1.91. The second-order valence-electron chi connectivity index (χ2n) is 3.56. The van der Waals surface area contributed by atoms with E-state index in [0.717, 1.165) is 19.4 Å². The predicted molar refractivity (Wildman–Crippen MR) is 57.6 cm³/mol. The van der Waals surface area contributed by atoms with Crippen LogP contribution in [0.2, 0.25) is 0 Å². The Morgan fingerprint density at radius 3 is 3.00 bits per heavy atom. The molecule has 1 saturated heterocycles. The lowest BCUT2D eigenvalue weighted by Gasteiger charge is -2.00. The van der Waals surface area contributed by atoms with Gasteiger partial charge in [-0.15, -0.1) is 0 Å². The van der Waals surface area contributed by atoms with Crippen LogP contribution >= 0.6 is 15.9 Å². The molecule has 84 valence electrons. The first kappa shape index (κ1) is 10.0. The van der Waals surface area contributed by atoms with Crippen molar-refractivity contribution >= 4 is 15.9 Å². The molecule has 2 aromatic rings. The molecule has 16 heavy (non-hydrogen) atoms. The van der Waals surface area contributed by atoms with Gasteiger partial charge in [0.1, 0.15) is 6.10 Å². The minimum Gasteiger partial charge on any atom is -0.446 e. The van der Waals surface area contributed by atoms with Gasteiger partial charge in [-0.25, -0.2) is 0 Å². The zero-order valence-corrected chi connectivity index (χ0v) is 9.94.